The van der Waals surface area contributed by atoms with E-state index < -0.39 is 0 Å². The molecule has 1 aromatic carbocycles. The fraction of sp³-hybridized carbons (Fsp3) is 0.158. The van der Waals surface area contributed by atoms with Crippen LogP contribution in [0.15, 0.2) is 66.7 Å². The predicted octanol–water partition coefficient (Wildman–Crippen LogP) is 3.29. The Balaban J connectivity index is 1.54. The van der Waals surface area contributed by atoms with Gasteiger partial charge in [0.05, 0.1) is 28.4 Å². The number of nitrogens with one attached hydrogen (secondary N) is 2. The standard InChI is InChI=1S/C19H18N6OS/c26-19(15-11-21-24-18(15)17-7-4-10-27-17)23-16(14-5-2-1-3-6-14)8-9-25-13-20-12-22-25/h1-7,10-13,16H,8-9H2,(H,21,24)(H,23,26). The maximum atomic E-state index is 13.0. The molecule has 136 valence electrons. The number of thiophene rings is 1. The molecule has 7 nitrogen and oxygen atoms in total. The van der Waals surface area contributed by atoms with Crippen LogP contribution in [0.2, 0.25) is 0 Å². The monoisotopic (exact) mass is 378 g/mol. The number of aromatic amines is 1. The van der Waals surface area contributed by atoms with E-state index in [1.807, 2.05) is 47.8 Å². The zero-order chi connectivity index (χ0) is 18.5. The summed E-state index contributed by atoms with van der Waals surface area (Å²) in [5.41, 5.74) is 2.33. The first kappa shape index (κ1) is 17.2. The number of H-pyrrole nitrogens is 1. The lowest BCUT2D eigenvalue weighted by molar-refractivity contribution is 0.0934. The van der Waals surface area contributed by atoms with E-state index in [0.717, 1.165) is 16.1 Å². The summed E-state index contributed by atoms with van der Waals surface area (Å²) >= 11 is 1.57. The topological polar surface area (TPSA) is 88.5 Å². The number of hydrogen-bond donors (Lipinski definition) is 2. The van der Waals surface area contributed by atoms with Gasteiger partial charge < -0.3 is 5.32 Å². The molecule has 0 radical (unpaired) electrons. The average molecular weight is 378 g/mol. The molecule has 0 aliphatic heterocycles. The summed E-state index contributed by atoms with van der Waals surface area (Å²) in [6.07, 6.45) is 5.46. The Morgan fingerprint density at radius 3 is 2.85 bits per heavy atom. The van der Waals surface area contributed by atoms with E-state index in [4.69, 9.17) is 0 Å². The molecule has 0 spiro atoms. The van der Waals surface area contributed by atoms with E-state index in [1.54, 1.807) is 28.5 Å². The fourth-order valence-electron chi connectivity index (χ4n) is 2.92. The maximum absolute atomic E-state index is 13.0. The van der Waals surface area contributed by atoms with Gasteiger partial charge in [0, 0.05) is 6.54 Å². The van der Waals surface area contributed by atoms with Gasteiger partial charge in [0.15, 0.2) is 0 Å². The fourth-order valence-corrected chi connectivity index (χ4v) is 3.65. The van der Waals surface area contributed by atoms with E-state index in [9.17, 15) is 4.79 Å². The van der Waals surface area contributed by atoms with Crippen molar-refractivity contribution in [2.45, 2.75) is 19.0 Å². The van der Waals surface area contributed by atoms with Crippen molar-refractivity contribution < 1.29 is 4.79 Å². The van der Waals surface area contributed by atoms with Crippen LogP contribution < -0.4 is 5.32 Å². The molecule has 27 heavy (non-hydrogen) atoms. The molecule has 0 aliphatic carbocycles. The SMILES string of the molecule is O=C(NC(CCn1cncn1)c1ccccc1)c1cn[nH]c1-c1cccs1. The Morgan fingerprint density at radius 1 is 1.22 bits per heavy atom. The Morgan fingerprint density at radius 2 is 2.11 bits per heavy atom. The summed E-state index contributed by atoms with van der Waals surface area (Å²) in [6.45, 7) is 0.656. The molecule has 2 N–H and O–H groups in total. The van der Waals surface area contributed by atoms with Gasteiger partial charge >= 0.3 is 0 Å². The lowest BCUT2D eigenvalue weighted by Gasteiger charge is -2.19. The molecule has 3 aromatic heterocycles. The van der Waals surface area contributed by atoms with E-state index in [1.165, 1.54) is 6.33 Å². The number of benzene rings is 1. The second-order valence-corrected chi connectivity index (χ2v) is 6.97. The van der Waals surface area contributed by atoms with Crippen molar-refractivity contribution in [3.05, 3.63) is 77.8 Å². The number of rotatable bonds is 7. The van der Waals surface area contributed by atoms with E-state index in [2.05, 4.69) is 25.6 Å². The first-order valence-electron chi connectivity index (χ1n) is 8.57. The van der Waals surface area contributed by atoms with Crippen LogP contribution in [0.25, 0.3) is 10.6 Å². The second kappa shape index (κ2) is 7.96. The van der Waals surface area contributed by atoms with Gasteiger partial charge in [0.25, 0.3) is 5.91 Å². The van der Waals surface area contributed by atoms with Crippen molar-refractivity contribution in [3.8, 4) is 10.6 Å². The zero-order valence-corrected chi connectivity index (χ0v) is 15.3. The third-order valence-corrected chi connectivity index (χ3v) is 5.16. The van der Waals surface area contributed by atoms with Crippen molar-refractivity contribution in [2.75, 3.05) is 0 Å². The van der Waals surface area contributed by atoms with E-state index >= 15 is 0 Å². The van der Waals surface area contributed by atoms with Crippen LogP contribution in [0.4, 0.5) is 0 Å². The van der Waals surface area contributed by atoms with Crippen LogP contribution in [0.1, 0.15) is 28.4 Å². The molecule has 1 amide bonds. The quantitative estimate of drug-likeness (QED) is 0.516. The third-order valence-electron chi connectivity index (χ3n) is 4.27. The minimum atomic E-state index is -0.153. The van der Waals surface area contributed by atoms with Crippen molar-refractivity contribution in [1.82, 2.24) is 30.3 Å². The number of carbonyl (C=O) groups excluding carboxylic acids is 1. The summed E-state index contributed by atoms with van der Waals surface area (Å²) in [7, 11) is 0. The number of nitrogens with zero attached hydrogens (tertiary/aromatic N) is 4. The third kappa shape index (κ3) is 3.95. The van der Waals surface area contributed by atoms with Crippen LogP contribution in [-0.4, -0.2) is 30.9 Å². The van der Waals surface area contributed by atoms with Crippen molar-refractivity contribution in [3.63, 3.8) is 0 Å². The highest BCUT2D eigenvalue weighted by atomic mass is 32.1. The van der Waals surface area contributed by atoms with Crippen LogP contribution in [-0.2, 0) is 6.54 Å². The Kier molecular flexibility index (Phi) is 5.06. The molecule has 0 saturated heterocycles. The van der Waals surface area contributed by atoms with E-state index in [0.29, 0.717) is 18.5 Å². The Hall–Kier alpha value is -3.26. The van der Waals surface area contributed by atoms with Crippen molar-refractivity contribution in [1.29, 1.82) is 0 Å². The predicted molar refractivity (Wildman–Crippen MR) is 103 cm³/mol. The molecule has 1 atom stereocenters. The second-order valence-electron chi connectivity index (χ2n) is 6.02. The van der Waals surface area contributed by atoms with Gasteiger partial charge in [-0.2, -0.15) is 10.2 Å². The van der Waals surface area contributed by atoms with Crippen LogP contribution in [0.3, 0.4) is 0 Å². The lowest BCUT2D eigenvalue weighted by atomic mass is 10.0. The molecular weight excluding hydrogens is 360 g/mol. The number of aryl methyl sites for hydroxylation is 1. The molecule has 0 fully saturated rings. The molecule has 0 saturated carbocycles. The summed E-state index contributed by atoms with van der Waals surface area (Å²) in [6, 6.07) is 13.7. The molecule has 4 aromatic rings. The normalized spacial score (nSPS) is 12.0. The highest BCUT2D eigenvalue weighted by Gasteiger charge is 2.20. The van der Waals surface area contributed by atoms with Gasteiger partial charge in [-0.05, 0) is 23.4 Å². The molecule has 0 aliphatic rings. The highest BCUT2D eigenvalue weighted by molar-refractivity contribution is 7.13. The van der Waals surface area contributed by atoms with Gasteiger partial charge in [-0.1, -0.05) is 36.4 Å². The lowest BCUT2D eigenvalue weighted by Crippen LogP contribution is -2.29. The maximum Gasteiger partial charge on any atom is 0.255 e. The first-order chi connectivity index (χ1) is 13.3. The Bertz CT molecular complexity index is 979. The van der Waals surface area contributed by atoms with Gasteiger partial charge in [0.2, 0.25) is 0 Å². The summed E-state index contributed by atoms with van der Waals surface area (Å²) in [5, 5.41) is 16.3. The molecule has 1 unspecified atom stereocenters. The highest BCUT2D eigenvalue weighted by Crippen LogP contribution is 2.26. The van der Waals surface area contributed by atoms with Crippen molar-refractivity contribution >= 4 is 17.2 Å². The zero-order valence-electron chi connectivity index (χ0n) is 14.4. The van der Waals surface area contributed by atoms with Crippen LogP contribution in [0.5, 0.6) is 0 Å². The van der Waals surface area contributed by atoms with Gasteiger partial charge in [-0.25, -0.2) is 4.98 Å². The largest absolute Gasteiger partial charge is 0.345 e. The Labute approximate surface area is 160 Å². The van der Waals surface area contributed by atoms with Crippen LogP contribution >= 0.6 is 11.3 Å². The molecule has 8 heteroatoms. The molecular formula is C19H18N6OS. The van der Waals surface area contributed by atoms with Gasteiger partial charge in [0.1, 0.15) is 12.7 Å². The molecule has 0 bridgehead atoms. The van der Waals surface area contributed by atoms with Gasteiger partial charge in [-0.3, -0.25) is 14.6 Å². The number of amides is 1. The first-order valence-corrected chi connectivity index (χ1v) is 9.44. The van der Waals surface area contributed by atoms with Crippen molar-refractivity contribution in [2.24, 2.45) is 0 Å². The molecule has 4 rings (SSSR count). The minimum Gasteiger partial charge on any atom is -0.345 e. The minimum absolute atomic E-state index is 0.144. The van der Waals surface area contributed by atoms with Crippen LogP contribution in [0, 0.1) is 0 Å². The molecule has 3 heterocycles. The summed E-state index contributed by atoms with van der Waals surface area (Å²) in [5.74, 6) is -0.153. The average Bonchev–Trinajstić information content (AvgIpc) is 3.47. The number of aromatic nitrogens is 5. The van der Waals surface area contributed by atoms with Gasteiger partial charge in [-0.15, -0.1) is 11.3 Å². The smallest absolute Gasteiger partial charge is 0.255 e. The summed E-state index contributed by atoms with van der Waals surface area (Å²) in [4.78, 5) is 17.9. The number of hydrogen-bond acceptors (Lipinski definition) is 5. The number of carbonyl (C=O) groups is 1. The van der Waals surface area contributed by atoms with E-state index in [-0.39, 0.29) is 11.9 Å². The summed E-state index contributed by atoms with van der Waals surface area (Å²) < 4.78 is 1.76.